The van der Waals surface area contributed by atoms with E-state index >= 15 is 0 Å². The van der Waals surface area contributed by atoms with E-state index in [0.29, 0.717) is 6.42 Å². The molecule has 1 saturated carbocycles. The highest BCUT2D eigenvalue weighted by atomic mass is 32.2. The fourth-order valence-corrected chi connectivity index (χ4v) is 10.0. The Morgan fingerprint density at radius 3 is 1.19 bits per heavy atom. The fraction of sp³-hybridized carbons (Fsp3) is 0.385. The molecule has 0 spiro atoms. The van der Waals surface area contributed by atoms with Crippen molar-refractivity contribution in [1.29, 1.82) is 0 Å². The molecule has 0 N–H and O–H groups in total. The van der Waals surface area contributed by atoms with Crippen LogP contribution in [0, 0.1) is 11.8 Å². The number of benzene rings is 4. The Balaban J connectivity index is 1.86. The summed E-state index contributed by atoms with van der Waals surface area (Å²) in [6, 6.07) is 41.6. The van der Waals surface area contributed by atoms with Crippen molar-refractivity contribution >= 4 is 29.6 Å². The summed E-state index contributed by atoms with van der Waals surface area (Å²) >= 11 is 0. The lowest BCUT2D eigenvalue weighted by Crippen LogP contribution is -2.64. The lowest BCUT2D eigenvalue weighted by atomic mass is 9.52. The lowest BCUT2D eigenvalue weighted by Gasteiger charge is -2.60. The van der Waals surface area contributed by atoms with Gasteiger partial charge in [-0.15, -0.1) is 0 Å². The second-order valence-electron chi connectivity index (χ2n) is 15.3. The third kappa shape index (κ3) is 7.90. The second kappa shape index (κ2) is 13.9. The summed E-state index contributed by atoms with van der Waals surface area (Å²) in [5.74, 6) is -0.602. The Morgan fingerprint density at radius 2 is 0.872 bits per heavy atom. The summed E-state index contributed by atoms with van der Waals surface area (Å²) in [6.07, 6.45) is 1.01. The van der Waals surface area contributed by atoms with Gasteiger partial charge in [0.25, 0.3) is 10.1 Å². The molecule has 4 aromatic rings. The van der Waals surface area contributed by atoms with Gasteiger partial charge < -0.3 is 8.85 Å². The van der Waals surface area contributed by atoms with E-state index in [1.54, 1.807) is 0 Å². The minimum absolute atomic E-state index is 0.00229. The summed E-state index contributed by atoms with van der Waals surface area (Å²) in [6.45, 7) is 13.4. The first-order valence-electron chi connectivity index (χ1n) is 16.5. The van der Waals surface area contributed by atoms with Crippen LogP contribution < -0.4 is 0 Å². The van der Waals surface area contributed by atoms with E-state index in [4.69, 9.17) is 13.0 Å². The SMILES string of the molecule is CC(C)(C)[SiH2]OC(c1ccccc1)(c1ccccc1)[C@@H]1[C@H](OS(C)(=O)=O)C[C@@H]1C(O[SiH2]C(C)(C)C)(c1ccccc1)c1ccccc1. The summed E-state index contributed by atoms with van der Waals surface area (Å²) in [7, 11) is -6.11. The van der Waals surface area contributed by atoms with Crippen LogP contribution in [0.3, 0.4) is 0 Å². The fourth-order valence-electron chi connectivity index (χ4n) is 6.98. The van der Waals surface area contributed by atoms with E-state index in [-0.39, 0.29) is 16.0 Å². The third-order valence-corrected chi connectivity index (χ3v) is 12.4. The van der Waals surface area contributed by atoms with Crippen LogP contribution >= 0.6 is 0 Å². The molecule has 4 aromatic carbocycles. The summed E-state index contributed by atoms with van der Waals surface area (Å²) < 4.78 is 47.0. The molecule has 0 unspecified atom stereocenters. The third-order valence-electron chi connectivity index (χ3n) is 8.89. The Labute approximate surface area is 287 Å². The van der Waals surface area contributed by atoms with Crippen molar-refractivity contribution in [2.24, 2.45) is 11.8 Å². The molecule has 0 aliphatic heterocycles. The number of hydrogen-bond donors (Lipinski definition) is 0. The standard InChI is InChI=1S/C39H50O5SSi2/c1-36(2,3)46-43-38(29-20-12-8-13-21-29,30-22-14-9-15-23-30)33-28-34(42-45(7,40)41)35(33)39(44-47-37(4,5)6,31-24-16-10-17-25-31)32-26-18-11-19-27-32/h8-27,33-35H,28,46-47H2,1-7H3/t33-,34+,35-/m0/s1. The van der Waals surface area contributed by atoms with Gasteiger partial charge in [-0.3, -0.25) is 4.18 Å². The molecular weight excluding hydrogens is 637 g/mol. The molecule has 0 heterocycles. The normalized spacial score (nSPS) is 19.8. The first-order valence-corrected chi connectivity index (χ1v) is 20.9. The predicted molar refractivity (Wildman–Crippen MR) is 197 cm³/mol. The van der Waals surface area contributed by atoms with E-state index in [0.717, 1.165) is 28.5 Å². The zero-order chi connectivity index (χ0) is 33.9. The molecule has 1 aliphatic carbocycles. The minimum Gasteiger partial charge on any atom is -0.410 e. The molecule has 0 radical (unpaired) electrons. The van der Waals surface area contributed by atoms with Crippen LogP contribution in [0.25, 0.3) is 0 Å². The van der Waals surface area contributed by atoms with E-state index in [2.05, 4.69) is 114 Å². The molecule has 5 rings (SSSR count). The van der Waals surface area contributed by atoms with Gasteiger partial charge in [0.1, 0.15) is 11.2 Å². The molecule has 5 nitrogen and oxygen atoms in total. The van der Waals surface area contributed by atoms with Gasteiger partial charge in [-0.05, 0) is 38.8 Å². The summed E-state index contributed by atoms with van der Waals surface area (Å²) in [4.78, 5) is 0. The highest BCUT2D eigenvalue weighted by Gasteiger charge is 2.64. The lowest BCUT2D eigenvalue weighted by molar-refractivity contribution is -0.170. The molecular formula is C39H50O5SSi2. The highest BCUT2D eigenvalue weighted by molar-refractivity contribution is 7.86. The van der Waals surface area contributed by atoms with E-state index in [1.807, 2.05) is 48.5 Å². The Morgan fingerprint density at radius 1 is 0.553 bits per heavy atom. The van der Waals surface area contributed by atoms with Crippen LogP contribution in [-0.4, -0.2) is 40.3 Å². The first kappa shape index (κ1) is 35.5. The van der Waals surface area contributed by atoms with E-state index in [9.17, 15) is 8.42 Å². The summed E-state index contributed by atoms with van der Waals surface area (Å²) in [5.41, 5.74) is 2.22. The van der Waals surface area contributed by atoms with Crippen LogP contribution in [0.15, 0.2) is 121 Å². The van der Waals surface area contributed by atoms with Crippen molar-refractivity contribution in [3.05, 3.63) is 144 Å². The average Bonchev–Trinajstić information content (AvgIpc) is 3.02. The molecule has 1 fully saturated rings. The zero-order valence-electron chi connectivity index (χ0n) is 28.8. The molecule has 47 heavy (non-hydrogen) atoms. The smallest absolute Gasteiger partial charge is 0.264 e. The number of rotatable bonds is 12. The predicted octanol–water partition coefficient (Wildman–Crippen LogP) is 7.49. The molecule has 0 aromatic heterocycles. The van der Waals surface area contributed by atoms with E-state index < -0.39 is 52.9 Å². The molecule has 0 saturated heterocycles. The number of hydrogen-bond acceptors (Lipinski definition) is 5. The molecule has 3 atom stereocenters. The van der Waals surface area contributed by atoms with Gasteiger partial charge in [-0.2, -0.15) is 8.42 Å². The van der Waals surface area contributed by atoms with Gasteiger partial charge in [-0.1, -0.05) is 163 Å². The van der Waals surface area contributed by atoms with Gasteiger partial charge in [0.15, 0.2) is 19.5 Å². The molecule has 8 heteroatoms. The van der Waals surface area contributed by atoms with Crippen LogP contribution in [0.1, 0.15) is 70.2 Å². The van der Waals surface area contributed by atoms with Crippen LogP contribution in [0.5, 0.6) is 0 Å². The molecule has 0 amide bonds. The Bertz CT molecular complexity index is 1610. The van der Waals surface area contributed by atoms with Crippen LogP contribution in [-0.2, 0) is 34.4 Å². The average molecular weight is 687 g/mol. The van der Waals surface area contributed by atoms with Gasteiger partial charge in [0, 0.05) is 11.8 Å². The topological polar surface area (TPSA) is 61.8 Å². The van der Waals surface area contributed by atoms with Gasteiger partial charge in [0.05, 0.1) is 12.4 Å². The maximum atomic E-state index is 13.0. The molecule has 0 bridgehead atoms. The van der Waals surface area contributed by atoms with Crippen molar-refractivity contribution in [1.82, 2.24) is 0 Å². The minimum atomic E-state index is -3.80. The van der Waals surface area contributed by atoms with Crippen molar-refractivity contribution < 1.29 is 21.5 Å². The molecule has 1 aliphatic rings. The first-order chi connectivity index (χ1) is 22.2. The summed E-state index contributed by atoms with van der Waals surface area (Å²) in [5, 5.41) is -0.0326. The van der Waals surface area contributed by atoms with Crippen LogP contribution in [0.4, 0.5) is 0 Å². The van der Waals surface area contributed by atoms with Crippen molar-refractivity contribution in [2.45, 2.75) is 75.3 Å². The largest absolute Gasteiger partial charge is 0.410 e. The second-order valence-corrected chi connectivity index (χ2v) is 22.3. The van der Waals surface area contributed by atoms with E-state index in [1.165, 1.54) is 0 Å². The van der Waals surface area contributed by atoms with Gasteiger partial charge >= 0.3 is 0 Å². The molecule has 250 valence electrons. The zero-order valence-corrected chi connectivity index (χ0v) is 32.5. The van der Waals surface area contributed by atoms with Crippen molar-refractivity contribution in [3.8, 4) is 0 Å². The maximum absolute atomic E-state index is 13.0. The Hall–Kier alpha value is -2.86. The van der Waals surface area contributed by atoms with Crippen molar-refractivity contribution in [2.75, 3.05) is 6.26 Å². The Kier molecular flexibility index (Phi) is 10.5. The maximum Gasteiger partial charge on any atom is 0.264 e. The monoisotopic (exact) mass is 686 g/mol. The van der Waals surface area contributed by atoms with Crippen LogP contribution in [0.2, 0.25) is 10.1 Å². The quantitative estimate of drug-likeness (QED) is 0.114. The van der Waals surface area contributed by atoms with Gasteiger partial charge in [-0.25, -0.2) is 0 Å². The van der Waals surface area contributed by atoms with Crippen molar-refractivity contribution in [3.63, 3.8) is 0 Å². The highest BCUT2D eigenvalue weighted by Crippen LogP contribution is 2.62. The van der Waals surface area contributed by atoms with Gasteiger partial charge in [0.2, 0.25) is 0 Å².